The van der Waals surface area contributed by atoms with E-state index in [1.165, 1.54) is 17.7 Å². The van der Waals surface area contributed by atoms with Crippen molar-refractivity contribution in [2.45, 2.75) is 56.6 Å². The van der Waals surface area contributed by atoms with E-state index in [1.807, 2.05) is 24.8 Å². The summed E-state index contributed by atoms with van der Waals surface area (Å²) < 4.78 is 5.56. The molecule has 0 aromatic heterocycles. The third-order valence-electron chi connectivity index (χ3n) is 4.16. The van der Waals surface area contributed by atoms with Crippen molar-refractivity contribution in [3.05, 3.63) is 23.8 Å². The third-order valence-corrected chi connectivity index (χ3v) is 5.42. The standard InChI is InChI=1S/C19H30N2O2S/c1-4-15(3)24-17-8-9-18(14(2)12-17)21-19(22)20-10-5-11-23-13-16-6-7-16/h8-9,12,15-16H,4-7,10-11,13H2,1-3H3,(H2,20,21,22). The summed E-state index contributed by atoms with van der Waals surface area (Å²) in [6, 6.07) is 6.05. The minimum Gasteiger partial charge on any atom is -0.381 e. The zero-order chi connectivity index (χ0) is 17.4. The number of thioether (sulfide) groups is 1. The Bertz CT molecular complexity index is 532. The van der Waals surface area contributed by atoms with Crippen molar-refractivity contribution in [2.75, 3.05) is 25.1 Å². The maximum atomic E-state index is 12.0. The maximum absolute atomic E-state index is 12.0. The highest BCUT2D eigenvalue weighted by Crippen LogP contribution is 2.29. The molecule has 1 fully saturated rings. The average Bonchev–Trinajstić information content (AvgIpc) is 3.37. The normalized spacial score (nSPS) is 15.1. The molecule has 2 rings (SSSR count). The fraction of sp³-hybridized carbons (Fsp3) is 0.632. The molecule has 0 heterocycles. The summed E-state index contributed by atoms with van der Waals surface area (Å²) in [5.74, 6) is 0.797. The minimum atomic E-state index is -0.150. The highest BCUT2D eigenvalue weighted by molar-refractivity contribution is 7.99. The third kappa shape index (κ3) is 7.14. The van der Waals surface area contributed by atoms with Gasteiger partial charge in [0.25, 0.3) is 0 Å². The van der Waals surface area contributed by atoms with Crippen LogP contribution in [0.4, 0.5) is 10.5 Å². The Hall–Kier alpha value is -1.20. The summed E-state index contributed by atoms with van der Waals surface area (Å²) >= 11 is 1.87. The van der Waals surface area contributed by atoms with Gasteiger partial charge in [-0.2, -0.15) is 0 Å². The fourth-order valence-electron chi connectivity index (χ4n) is 2.24. The van der Waals surface area contributed by atoms with Gasteiger partial charge in [-0.3, -0.25) is 0 Å². The number of rotatable bonds is 10. The van der Waals surface area contributed by atoms with E-state index in [0.29, 0.717) is 11.8 Å². The number of anilines is 1. The Labute approximate surface area is 150 Å². The van der Waals surface area contributed by atoms with E-state index in [0.717, 1.165) is 43.2 Å². The first kappa shape index (κ1) is 19.1. The molecule has 5 heteroatoms. The van der Waals surface area contributed by atoms with Gasteiger partial charge in [-0.15, -0.1) is 11.8 Å². The van der Waals surface area contributed by atoms with Crippen LogP contribution in [0.25, 0.3) is 0 Å². The molecule has 1 aliphatic carbocycles. The number of amides is 2. The van der Waals surface area contributed by atoms with E-state index in [4.69, 9.17) is 4.74 Å². The molecule has 0 aliphatic heterocycles. The van der Waals surface area contributed by atoms with Gasteiger partial charge in [0.1, 0.15) is 0 Å². The maximum Gasteiger partial charge on any atom is 0.319 e. The summed E-state index contributed by atoms with van der Waals surface area (Å²) in [5, 5.41) is 6.41. The Morgan fingerprint density at radius 1 is 1.42 bits per heavy atom. The van der Waals surface area contributed by atoms with Crippen LogP contribution in [0.1, 0.15) is 45.1 Å². The smallest absolute Gasteiger partial charge is 0.319 e. The van der Waals surface area contributed by atoms with E-state index < -0.39 is 0 Å². The molecule has 1 aromatic rings. The quantitative estimate of drug-likeness (QED) is 0.470. The fourth-order valence-corrected chi connectivity index (χ4v) is 3.27. The monoisotopic (exact) mass is 350 g/mol. The number of hydrogen-bond donors (Lipinski definition) is 2. The number of ether oxygens (including phenoxy) is 1. The van der Waals surface area contributed by atoms with E-state index in [2.05, 4.69) is 36.6 Å². The zero-order valence-corrected chi connectivity index (χ0v) is 15.9. The second-order valence-corrected chi connectivity index (χ2v) is 8.08. The molecule has 1 aliphatic rings. The van der Waals surface area contributed by atoms with Crippen LogP contribution < -0.4 is 10.6 Å². The Morgan fingerprint density at radius 2 is 2.21 bits per heavy atom. The number of carbonyl (C=O) groups is 1. The first-order valence-electron chi connectivity index (χ1n) is 8.98. The number of aryl methyl sites for hydroxylation is 1. The number of benzene rings is 1. The molecule has 134 valence electrons. The van der Waals surface area contributed by atoms with Gasteiger partial charge in [0.2, 0.25) is 0 Å². The van der Waals surface area contributed by atoms with Gasteiger partial charge in [0.15, 0.2) is 0 Å². The predicted octanol–water partition coefficient (Wildman–Crippen LogP) is 4.82. The number of carbonyl (C=O) groups excluding carboxylic acids is 1. The van der Waals surface area contributed by atoms with Crippen molar-refractivity contribution in [3.63, 3.8) is 0 Å². The Kier molecular flexibility index (Phi) is 7.92. The lowest BCUT2D eigenvalue weighted by Crippen LogP contribution is -2.30. The van der Waals surface area contributed by atoms with Gasteiger partial charge < -0.3 is 15.4 Å². The molecule has 1 atom stereocenters. The zero-order valence-electron chi connectivity index (χ0n) is 15.1. The van der Waals surface area contributed by atoms with Crippen LogP contribution in [0.15, 0.2) is 23.1 Å². The van der Waals surface area contributed by atoms with Crippen LogP contribution in [-0.4, -0.2) is 31.0 Å². The molecule has 0 saturated heterocycles. The second-order valence-electron chi connectivity index (χ2n) is 6.57. The Balaban J connectivity index is 1.66. The largest absolute Gasteiger partial charge is 0.381 e. The summed E-state index contributed by atoms with van der Waals surface area (Å²) in [5.41, 5.74) is 1.96. The highest BCUT2D eigenvalue weighted by atomic mass is 32.2. The van der Waals surface area contributed by atoms with Crippen molar-refractivity contribution in [1.29, 1.82) is 0 Å². The van der Waals surface area contributed by atoms with Crippen molar-refractivity contribution in [3.8, 4) is 0 Å². The molecule has 4 nitrogen and oxygen atoms in total. The molecule has 2 N–H and O–H groups in total. The second kappa shape index (κ2) is 9.94. The molecule has 0 radical (unpaired) electrons. The molecule has 24 heavy (non-hydrogen) atoms. The van der Waals surface area contributed by atoms with E-state index in [1.54, 1.807) is 0 Å². The lowest BCUT2D eigenvalue weighted by molar-refractivity contribution is 0.122. The predicted molar refractivity (Wildman–Crippen MR) is 102 cm³/mol. The summed E-state index contributed by atoms with van der Waals surface area (Å²) in [7, 11) is 0. The molecule has 1 unspecified atom stereocenters. The van der Waals surface area contributed by atoms with Crippen LogP contribution in [0.3, 0.4) is 0 Å². The van der Waals surface area contributed by atoms with Crippen LogP contribution in [0.2, 0.25) is 0 Å². The van der Waals surface area contributed by atoms with Gasteiger partial charge in [0, 0.05) is 35.6 Å². The summed E-state index contributed by atoms with van der Waals surface area (Å²) in [4.78, 5) is 13.2. The average molecular weight is 351 g/mol. The summed E-state index contributed by atoms with van der Waals surface area (Å²) in [6.07, 6.45) is 4.63. The van der Waals surface area contributed by atoms with Gasteiger partial charge in [-0.1, -0.05) is 13.8 Å². The summed E-state index contributed by atoms with van der Waals surface area (Å²) in [6.45, 7) is 8.69. The first-order valence-corrected chi connectivity index (χ1v) is 9.86. The van der Waals surface area contributed by atoms with Crippen LogP contribution in [0, 0.1) is 12.8 Å². The van der Waals surface area contributed by atoms with Gasteiger partial charge in [0.05, 0.1) is 0 Å². The number of urea groups is 1. The topological polar surface area (TPSA) is 50.4 Å². The van der Waals surface area contributed by atoms with Gasteiger partial charge in [-0.05, 0) is 62.3 Å². The van der Waals surface area contributed by atoms with Crippen LogP contribution in [-0.2, 0) is 4.74 Å². The molecule has 1 saturated carbocycles. The van der Waals surface area contributed by atoms with E-state index in [9.17, 15) is 4.79 Å². The van der Waals surface area contributed by atoms with Crippen molar-refractivity contribution >= 4 is 23.5 Å². The Morgan fingerprint density at radius 3 is 2.88 bits per heavy atom. The van der Waals surface area contributed by atoms with Crippen LogP contribution in [0.5, 0.6) is 0 Å². The molecule has 1 aromatic carbocycles. The molecule has 0 spiro atoms. The molecular formula is C19H30N2O2S. The van der Waals surface area contributed by atoms with Gasteiger partial charge in [-0.25, -0.2) is 4.79 Å². The first-order chi connectivity index (χ1) is 11.6. The lowest BCUT2D eigenvalue weighted by Gasteiger charge is -2.13. The van der Waals surface area contributed by atoms with Crippen LogP contribution >= 0.6 is 11.8 Å². The minimum absolute atomic E-state index is 0.150. The number of hydrogen-bond acceptors (Lipinski definition) is 3. The van der Waals surface area contributed by atoms with E-state index in [-0.39, 0.29) is 6.03 Å². The molecule has 0 bridgehead atoms. The van der Waals surface area contributed by atoms with Crippen molar-refractivity contribution < 1.29 is 9.53 Å². The highest BCUT2D eigenvalue weighted by Gasteiger charge is 2.20. The molecular weight excluding hydrogens is 320 g/mol. The SMILES string of the molecule is CCC(C)Sc1ccc(NC(=O)NCCCOCC2CC2)c(C)c1. The molecule has 2 amide bonds. The van der Waals surface area contributed by atoms with Gasteiger partial charge >= 0.3 is 6.03 Å². The van der Waals surface area contributed by atoms with E-state index >= 15 is 0 Å². The lowest BCUT2D eigenvalue weighted by atomic mass is 10.2. The number of nitrogens with one attached hydrogen (secondary N) is 2. The van der Waals surface area contributed by atoms with Crippen molar-refractivity contribution in [2.24, 2.45) is 5.92 Å². The van der Waals surface area contributed by atoms with Crippen molar-refractivity contribution in [1.82, 2.24) is 5.32 Å².